The molecule has 0 heterocycles. The Kier molecular flexibility index (Phi) is 3.87. The second kappa shape index (κ2) is 4.73. The van der Waals surface area contributed by atoms with Crippen molar-refractivity contribution >= 4 is 0 Å². The van der Waals surface area contributed by atoms with Gasteiger partial charge < -0.3 is 10.4 Å². The Hall–Kier alpha value is -0.0800. The highest BCUT2D eigenvalue weighted by atomic mass is 16.3. The zero-order valence-electron chi connectivity index (χ0n) is 7.34. The molecule has 0 aliphatic heterocycles. The molecule has 66 valence electrons. The van der Waals surface area contributed by atoms with E-state index in [4.69, 9.17) is 5.11 Å². The molecular weight excluding hydrogens is 138 g/mol. The average molecular weight is 157 g/mol. The highest BCUT2D eigenvalue weighted by Gasteiger charge is 2.18. The summed E-state index contributed by atoms with van der Waals surface area (Å²) in [6.45, 7) is 0.370. The van der Waals surface area contributed by atoms with Crippen LogP contribution in [-0.4, -0.2) is 24.8 Å². The Balaban J connectivity index is 2.14. The summed E-state index contributed by atoms with van der Waals surface area (Å²) >= 11 is 0. The van der Waals surface area contributed by atoms with Crippen LogP contribution < -0.4 is 5.32 Å². The third-order valence-electron chi connectivity index (χ3n) is 2.79. The lowest BCUT2D eigenvalue weighted by molar-refractivity contribution is 0.216. The van der Waals surface area contributed by atoms with Crippen molar-refractivity contribution in [2.75, 3.05) is 13.7 Å². The highest BCUT2D eigenvalue weighted by molar-refractivity contribution is 4.75. The molecule has 1 fully saturated rings. The van der Waals surface area contributed by atoms with Crippen LogP contribution in [0.25, 0.3) is 0 Å². The van der Waals surface area contributed by atoms with Crippen molar-refractivity contribution in [3.63, 3.8) is 0 Å². The van der Waals surface area contributed by atoms with Crippen LogP contribution in [0, 0.1) is 5.92 Å². The third-order valence-corrected chi connectivity index (χ3v) is 2.79. The Labute approximate surface area is 69.0 Å². The molecule has 1 rings (SSSR count). The zero-order valence-corrected chi connectivity index (χ0v) is 7.34. The van der Waals surface area contributed by atoms with E-state index in [1.807, 2.05) is 7.05 Å². The summed E-state index contributed by atoms with van der Waals surface area (Å²) in [5.74, 6) is 0.796. The van der Waals surface area contributed by atoms with Crippen molar-refractivity contribution in [1.82, 2.24) is 5.32 Å². The van der Waals surface area contributed by atoms with Gasteiger partial charge in [0, 0.05) is 12.6 Å². The number of aliphatic hydroxyl groups is 1. The maximum Gasteiger partial charge on any atom is 0.0433 e. The van der Waals surface area contributed by atoms with Gasteiger partial charge in [0.25, 0.3) is 0 Å². The van der Waals surface area contributed by atoms with Crippen LogP contribution in [0.4, 0.5) is 0 Å². The second-order valence-electron chi connectivity index (χ2n) is 3.52. The Bertz CT molecular complexity index is 97.7. The van der Waals surface area contributed by atoms with E-state index in [9.17, 15) is 0 Å². The molecule has 2 nitrogen and oxygen atoms in total. The first-order chi connectivity index (χ1) is 5.36. The minimum absolute atomic E-state index is 0.370. The van der Waals surface area contributed by atoms with E-state index in [1.54, 1.807) is 0 Å². The number of hydrogen-bond donors (Lipinski definition) is 2. The van der Waals surface area contributed by atoms with Gasteiger partial charge in [-0.3, -0.25) is 0 Å². The molecule has 0 aromatic heterocycles. The fraction of sp³-hybridized carbons (Fsp3) is 1.00. The lowest BCUT2D eigenvalue weighted by Crippen LogP contribution is -2.30. The molecule has 2 N–H and O–H groups in total. The predicted octanol–water partition coefficient (Wildman–Crippen LogP) is 1.15. The van der Waals surface area contributed by atoms with Gasteiger partial charge in [0.2, 0.25) is 0 Å². The summed E-state index contributed by atoms with van der Waals surface area (Å²) in [6, 6.07) is 0.741. The van der Waals surface area contributed by atoms with Crippen LogP contribution in [0.5, 0.6) is 0 Å². The lowest BCUT2D eigenvalue weighted by Gasteiger charge is -2.27. The molecule has 1 aliphatic carbocycles. The van der Waals surface area contributed by atoms with E-state index < -0.39 is 0 Å². The maximum atomic E-state index is 8.73. The van der Waals surface area contributed by atoms with Gasteiger partial charge in [-0.2, -0.15) is 0 Å². The molecule has 1 aliphatic rings. The normalized spacial score (nSPS) is 32.2. The van der Waals surface area contributed by atoms with E-state index in [0.717, 1.165) is 18.4 Å². The van der Waals surface area contributed by atoms with Crippen LogP contribution in [-0.2, 0) is 0 Å². The quantitative estimate of drug-likeness (QED) is 0.644. The monoisotopic (exact) mass is 157 g/mol. The summed E-state index contributed by atoms with van der Waals surface area (Å²) in [5.41, 5.74) is 0. The highest BCUT2D eigenvalue weighted by Crippen LogP contribution is 2.26. The minimum atomic E-state index is 0.370. The van der Waals surface area contributed by atoms with E-state index in [1.165, 1.54) is 25.7 Å². The Morgan fingerprint density at radius 3 is 2.36 bits per heavy atom. The summed E-state index contributed by atoms with van der Waals surface area (Å²) < 4.78 is 0. The number of rotatable bonds is 3. The number of aliphatic hydroxyl groups excluding tert-OH is 1. The molecule has 0 aromatic carbocycles. The van der Waals surface area contributed by atoms with Crippen LogP contribution >= 0.6 is 0 Å². The molecule has 0 radical (unpaired) electrons. The average Bonchev–Trinajstić information content (AvgIpc) is 2.07. The summed E-state index contributed by atoms with van der Waals surface area (Å²) in [7, 11) is 2.04. The van der Waals surface area contributed by atoms with Gasteiger partial charge in [-0.1, -0.05) is 0 Å². The largest absolute Gasteiger partial charge is 0.396 e. The van der Waals surface area contributed by atoms with E-state index in [0.29, 0.717) is 6.61 Å². The van der Waals surface area contributed by atoms with Crippen molar-refractivity contribution in [3.8, 4) is 0 Å². The van der Waals surface area contributed by atoms with E-state index >= 15 is 0 Å². The molecule has 0 spiro atoms. The first kappa shape index (κ1) is 9.01. The first-order valence-corrected chi connectivity index (χ1v) is 4.65. The molecule has 11 heavy (non-hydrogen) atoms. The molecular formula is C9H19NO. The number of nitrogens with one attached hydrogen (secondary N) is 1. The summed E-state index contributed by atoms with van der Waals surface area (Å²) in [5, 5.41) is 12.0. The van der Waals surface area contributed by atoms with Gasteiger partial charge in [0.15, 0.2) is 0 Å². The molecule has 0 saturated heterocycles. The van der Waals surface area contributed by atoms with Gasteiger partial charge in [-0.25, -0.2) is 0 Å². The van der Waals surface area contributed by atoms with Crippen molar-refractivity contribution in [1.29, 1.82) is 0 Å². The first-order valence-electron chi connectivity index (χ1n) is 4.65. The second-order valence-corrected chi connectivity index (χ2v) is 3.52. The van der Waals surface area contributed by atoms with Gasteiger partial charge >= 0.3 is 0 Å². The Morgan fingerprint density at radius 2 is 1.91 bits per heavy atom. The van der Waals surface area contributed by atoms with Gasteiger partial charge in [-0.15, -0.1) is 0 Å². The molecule has 0 unspecified atom stereocenters. The van der Waals surface area contributed by atoms with Crippen LogP contribution in [0.2, 0.25) is 0 Å². The standard InChI is InChI=1S/C9H19NO/c1-10-9-4-2-8(3-5-9)6-7-11/h8-11H,2-7H2,1H3/t8-,9-. The third kappa shape index (κ3) is 2.80. The van der Waals surface area contributed by atoms with Crippen molar-refractivity contribution in [2.24, 2.45) is 5.92 Å². The van der Waals surface area contributed by atoms with Crippen molar-refractivity contribution in [3.05, 3.63) is 0 Å². The topological polar surface area (TPSA) is 32.3 Å². The molecule has 0 bridgehead atoms. The molecule has 0 atom stereocenters. The van der Waals surface area contributed by atoms with Gasteiger partial charge in [-0.05, 0) is 45.1 Å². The predicted molar refractivity (Wildman–Crippen MR) is 46.5 cm³/mol. The van der Waals surface area contributed by atoms with Crippen LogP contribution in [0.15, 0.2) is 0 Å². The van der Waals surface area contributed by atoms with Crippen LogP contribution in [0.1, 0.15) is 32.1 Å². The van der Waals surface area contributed by atoms with Crippen molar-refractivity contribution < 1.29 is 5.11 Å². The van der Waals surface area contributed by atoms with Gasteiger partial charge in [0.1, 0.15) is 0 Å². The molecule has 1 saturated carbocycles. The zero-order chi connectivity index (χ0) is 8.10. The summed E-state index contributed by atoms with van der Waals surface area (Å²) in [6.07, 6.45) is 6.19. The SMILES string of the molecule is CN[C@H]1CC[C@H](CCO)CC1. The van der Waals surface area contributed by atoms with E-state index in [2.05, 4.69) is 5.32 Å². The maximum absolute atomic E-state index is 8.73. The fourth-order valence-corrected chi connectivity index (χ4v) is 1.92. The summed E-state index contributed by atoms with van der Waals surface area (Å²) in [4.78, 5) is 0. The molecule has 0 amide bonds. The van der Waals surface area contributed by atoms with Gasteiger partial charge in [0.05, 0.1) is 0 Å². The minimum Gasteiger partial charge on any atom is -0.396 e. The Morgan fingerprint density at radius 1 is 1.27 bits per heavy atom. The fourth-order valence-electron chi connectivity index (χ4n) is 1.92. The molecule has 2 heteroatoms. The number of hydrogen-bond acceptors (Lipinski definition) is 2. The van der Waals surface area contributed by atoms with Crippen LogP contribution in [0.3, 0.4) is 0 Å². The van der Waals surface area contributed by atoms with E-state index in [-0.39, 0.29) is 0 Å². The van der Waals surface area contributed by atoms with Crippen molar-refractivity contribution in [2.45, 2.75) is 38.1 Å². The lowest BCUT2D eigenvalue weighted by atomic mass is 9.84. The smallest absolute Gasteiger partial charge is 0.0433 e. The molecule has 0 aromatic rings.